The summed E-state index contributed by atoms with van der Waals surface area (Å²) < 4.78 is 51.3. The maximum absolute atomic E-state index is 8.74. The molecule has 0 fully saturated rings. The van der Waals surface area contributed by atoms with Crippen molar-refractivity contribution in [1.29, 1.82) is 0 Å². The topological polar surface area (TPSA) is 227 Å². The van der Waals surface area contributed by atoms with E-state index >= 15 is 0 Å². The fourth-order valence-electron chi connectivity index (χ4n) is 0. The molecule has 0 aliphatic carbocycles. The van der Waals surface area contributed by atoms with Crippen molar-refractivity contribution in [1.82, 2.24) is 0 Å². The molecule has 16 heteroatoms. The fourth-order valence-corrected chi connectivity index (χ4v) is 0. The first-order chi connectivity index (χ1) is 6.29. The van der Waals surface area contributed by atoms with Gasteiger partial charge in [-0.1, -0.05) is 0 Å². The van der Waals surface area contributed by atoms with E-state index in [1.165, 1.54) is 0 Å². The molecule has 0 amide bonds. The van der Waals surface area contributed by atoms with Crippen LogP contribution in [0.15, 0.2) is 0 Å². The minimum absolute atomic E-state index is 0. The third-order valence-corrected chi connectivity index (χ3v) is 0. The molecule has 0 aromatic carbocycles. The van der Waals surface area contributed by atoms with E-state index in [4.69, 9.17) is 44.0 Å². The molecule has 88 valence electrons. The van der Waals surface area contributed by atoms with Gasteiger partial charge in [0, 0.05) is 0 Å². The van der Waals surface area contributed by atoms with Crippen LogP contribution >= 0.6 is 0 Å². The second kappa shape index (κ2) is 44.8. The van der Waals surface area contributed by atoms with E-state index in [-0.39, 0.29) is 43.2 Å². The third-order valence-electron chi connectivity index (χ3n) is 0. The van der Waals surface area contributed by atoms with E-state index in [0.717, 1.165) is 0 Å². The Labute approximate surface area is 135 Å². The van der Waals surface area contributed by atoms with Crippen LogP contribution in [-0.2, 0) is 16.5 Å². The van der Waals surface area contributed by atoms with Crippen molar-refractivity contribution in [3.63, 3.8) is 0 Å². The van der Waals surface area contributed by atoms with E-state index in [1.807, 2.05) is 0 Å². The van der Waals surface area contributed by atoms with Gasteiger partial charge in [0.2, 0.25) is 0 Å². The van der Waals surface area contributed by atoms with Gasteiger partial charge in [0.15, 0.2) is 0 Å². The van der Waals surface area contributed by atoms with E-state index in [9.17, 15) is 0 Å². The molecule has 0 bridgehead atoms. The summed E-state index contributed by atoms with van der Waals surface area (Å²) in [5.74, 6) is 0. The molecule has 0 rings (SSSR count). The summed E-state index contributed by atoms with van der Waals surface area (Å²) in [5, 5.41) is 0. The van der Waals surface area contributed by atoms with Crippen molar-refractivity contribution in [3.05, 3.63) is 0 Å². The van der Waals surface area contributed by atoms with E-state index in [2.05, 4.69) is 0 Å². The molecule has 0 unspecified atom stereocenters. The van der Waals surface area contributed by atoms with Crippen LogP contribution in [0.25, 0.3) is 0 Å². The van der Waals surface area contributed by atoms with Crippen molar-refractivity contribution in [3.8, 4) is 0 Å². The number of hydrogen-bond acceptors (Lipinski definition) is 6. The molecule has 0 saturated carbocycles. The summed E-state index contributed by atoms with van der Waals surface area (Å²) in [7, 11) is -6.26. The predicted molar refractivity (Wildman–Crippen MR) is 44.0 cm³/mol. The first-order valence-electron chi connectivity index (χ1n) is 2.25. The zero-order valence-electron chi connectivity index (χ0n) is 7.60. The van der Waals surface area contributed by atoms with Crippen LogP contribution in [0.2, 0.25) is 0 Å². The molecule has 0 aromatic heterocycles. The molecule has 6 N–H and O–H groups in total. The second-order valence-electron chi connectivity index (χ2n) is 0.758. The van der Waals surface area contributed by atoms with Crippen LogP contribution in [-0.4, -0.2) is 112 Å². The predicted octanol–water partition coefficient (Wildman–Crippen LogP) is -7.81. The molecule has 0 spiro atoms. The normalized spacial score (nSPS) is 4.00. The molecule has 0 aromatic rings. The van der Waals surface area contributed by atoms with Crippen molar-refractivity contribution < 1.29 is 49.5 Å². The van der Waals surface area contributed by atoms with Crippen molar-refractivity contribution in [2.24, 2.45) is 0 Å². The monoisotopic (exact) mass is 332 g/mol. The minimum atomic E-state index is -3.13. The fraction of sp³-hybridized carbons (Fsp3) is 0. The van der Waals surface area contributed by atoms with Gasteiger partial charge in [0.05, 0.1) is 0 Å². The van der Waals surface area contributed by atoms with E-state index < -0.39 is 49.3 Å². The quantitative estimate of drug-likeness (QED) is 0.306. The van der Waals surface area contributed by atoms with E-state index in [0.29, 0.717) is 0 Å². The van der Waals surface area contributed by atoms with Crippen LogP contribution in [0, 0.1) is 0 Å². The van der Waals surface area contributed by atoms with Gasteiger partial charge in [0.1, 0.15) is 0 Å². The Morgan fingerprint density at radius 1 is 0.812 bits per heavy atom. The molecule has 16 heavy (non-hydrogen) atoms. The first-order valence-corrected chi connectivity index (χ1v) is 6.74. The van der Waals surface area contributed by atoms with Crippen LogP contribution in [0.3, 0.4) is 0 Å². The van der Waals surface area contributed by atoms with Crippen LogP contribution < -0.4 is 8.32 Å². The summed E-state index contributed by atoms with van der Waals surface area (Å²) >= 11 is -3.50. The Hall–Kier alpha value is 0.718. The molecular weight excluding hydrogens is 326 g/mol. The molecule has 0 saturated heterocycles. The zero-order chi connectivity index (χ0) is 12.6. The average Bonchev–Trinajstić information content (AvgIpc) is 1.85. The van der Waals surface area contributed by atoms with Crippen molar-refractivity contribution >= 4 is 87.1 Å². The molecule has 0 atom stereocenters. The summed E-state index contributed by atoms with van der Waals surface area (Å²) in [6.07, 6.45) is 0. The Kier molecular flexibility index (Phi) is 101. The summed E-state index contributed by atoms with van der Waals surface area (Å²) in [6.45, 7) is 0. The van der Waals surface area contributed by atoms with E-state index in [1.54, 1.807) is 0 Å². The Bertz CT molecular complexity index is 134. The first kappa shape index (κ1) is 36.0. The Morgan fingerprint density at radius 2 is 0.812 bits per heavy atom. The summed E-state index contributed by atoms with van der Waals surface area (Å²) in [4.78, 5) is 28.6. The summed E-state index contributed by atoms with van der Waals surface area (Å²) in [6, 6.07) is 0. The zero-order valence-corrected chi connectivity index (χ0v) is 14.1. The van der Waals surface area contributed by atoms with Gasteiger partial charge in [-0.15, -0.1) is 0 Å². The SMILES string of the molecule is O.O=[Si](O)O.O=[Si](O)O.[Ca+2].[O]=[Al][O-].[O]=[Al][O-]. The molecule has 0 aliphatic rings. The van der Waals surface area contributed by atoms with Gasteiger partial charge in [-0.3, -0.25) is 8.92 Å². The third kappa shape index (κ3) is 5370. The van der Waals surface area contributed by atoms with Crippen LogP contribution in [0.1, 0.15) is 0 Å². The number of rotatable bonds is 0. The average molecular weight is 332 g/mol. The molecule has 0 radical (unpaired) electrons. The van der Waals surface area contributed by atoms with Gasteiger partial charge < -0.3 is 24.7 Å². The molecule has 0 aliphatic heterocycles. The van der Waals surface area contributed by atoms with Crippen LogP contribution in [0.5, 0.6) is 0 Å². The van der Waals surface area contributed by atoms with Crippen LogP contribution in [0.4, 0.5) is 0 Å². The van der Waals surface area contributed by atoms with Crippen molar-refractivity contribution in [2.45, 2.75) is 0 Å². The van der Waals surface area contributed by atoms with Gasteiger partial charge >= 0.3 is 103 Å². The molecular formula is H6Al2CaO11Si2. The maximum atomic E-state index is 8.74. The summed E-state index contributed by atoms with van der Waals surface area (Å²) in [5.41, 5.74) is 0. The van der Waals surface area contributed by atoms with Gasteiger partial charge in [-0.05, 0) is 0 Å². The van der Waals surface area contributed by atoms with Gasteiger partial charge in [0.25, 0.3) is 0 Å². The Balaban J connectivity index is -0.0000000202. The van der Waals surface area contributed by atoms with Gasteiger partial charge in [-0.25, -0.2) is 0 Å². The molecule has 11 nitrogen and oxygen atoms in total. The second-order valence-corrected chi connectivity index (χ2v) is 2.27. The molecule has 0 heterocycles. The number of hydrogen-bond donors (Lipinski definition) is 4. The van der Waals surface area contributed by atoms with Gasteiger partial charge in [-0.2, -0.15) is 0 Å². The van der Waals surface area contributed by atoms with Crippen molar-refractivity contribution in [2.75, 3.05) is 0 Å². The standard InChI is InChI=1S/2Al.Ca.2H2O3Si.H2O.4O/c;;;2*1-4(2)3;;;;;/h;;;2*1-2H;1H2;;;;/q;;+2;;;;;;2*-1. The Morgan fingerprint density at radius 3 is 0.812 bits per heavy atom.